The fourth-order valence-electron chi connectivity index (χ4n) is 2.29. The topological polar surface area (TPSA) is 97.6 Å². The summed E-state index contributed by atoms with van der Waals surface area (Å²) in [6.07, 6.45) is 6.71. The van der Waals surface area contributed by atoms with E-state index in [1.54, 1.807) is 36.7 Å². The van der Waals surface area contributed by atoms with Gasteiger partial charge >= 0.3 is 0 Å². The second-order valence-corrected chi connectivity index (χ2v) is 6.15. The average molecular weight is 380 g/mol. The number of hydrogen-bond acceptors (Lipinski definition) is 8. The zero-order chi connectivity index (χ0) is 19.1. The minimum Gasteiger partial charge on any atom is -0.489 e. The normalized spacial score (nSPS) is 11.2. The molecule has 136 valence electrons. The number of ketones is 1. The van der Waals surface area contributed by atoms with Crippen LogP contribution in [-0.4, -0.2) is 37.9 Å². The number of oxime groups is 1. The summed E-state index contributed by atoms with van der Waals surface area (Å²) in [5.74, 6) is 0.0695. The van der Waals surface area contributed by atoms with Crippen LogP contribution in [0.5, 0.6) is 5.75 Å². The highest BCUT2D eigenvalue weighted by Gasteiger charge is 2.19. The molecule has 0 aliphatic rings. The molecule has 8 heteroatoms. The first-order chi connectivity index (χ1) is 13.2. The lowest BCUT2D eigenvalue weighted by Crippen LogP contribution is -2.18. The first-order valence-corrected chi connectivity index (χ1v) is 9.19. The van der Waals surface area contributed by atoms with Crippen LogP contribution in [0, 0.1) is 0 Å². The van der Waals surface area contributed by atoms with E-state index >= 15 is 0 Å². The summed E-state index contributed by atoms with van der Waals surface area (Å²) >= 11 is 1.33. The van der Waals surface area contributed by atoms with E-state index < -0.39 is 5.78 Å². The summed E-state index contributed by atoms with van der Waals surface area (Å²) in [7, 11) is 0. The Morgan fingerprint density at radius 2 is 2.00 bits per heavy atom. The Hall–Kier alpha value is -3.26. The fourth-order valence-corrected chi connectivity index (χ4v) is 2.65. The third kappa shape index (κ3) is 4.68. The lowest BCUT2D eigenvalue weighted by molar-refractivity contribution is 0.106. The van der Waals surface area contributed by atoms with Gasteiger partial charge in [0, 0.05) is 24.2 Å². The van der Waals surface area contributed by atoms with Gasteiger partial charge in [0.2, 0.25) is 5.78 Å². The van der Waals surface area contributed by atoms with Crippen molar-refractivity contribution in [3.63, 3.8) is 0 Å². The Bertz CT molecular complexity index is 964. The lowest BCUT2D eigenvalue weighted by atomic mass is 10.0. The Morgan fingerprint density at radius 1 is 1.19 bits per heavy atom. The maximum Gasteiger partial charge on any atom is 0.217 e. The summed E-state index contributed by atoms with van der Waals surface area (Å²) in [4.78, 5) is 25.0. The quantitative estimate of drug-likeness (QED) is 0.168. The number of carbonyl (C=O) groups is 1. The minimum atomic E-state index is -0.461. The molecule has 0 fully saturated rings. The van der Waals surface area contributed by atoms with Crippen LogP contribution in [0.15, 0.2) is 71.4 Å². The number of Topliss-reactive ketones (excluding diaryl/α,β-unsaturated/α-hetero) is 1. The van der Waals surface area contributed by atoms with Crippen molar-refractivity contribution in [2.24, 2.45) is 5.16 Å². The van der Waals surface area contributed by atoms with Crippen molar-refractivity contribution in [2.75, 3.05) is 6.26 Å². The van der Waals surface area contributed by atoms with E-state index in [0.717, 1.165) is 5.56 Å². The molecular formula is C19H16N4O3S. The predicted octanol–water partition coefficient (Wildman–Crippen LogP) is 3.23. The Labute approximate surface area is 160 Å². The first-order valence-electron chi connectivity index (χ1n) is 7.97. The highest BCUT2D eigenvalue weighted by atomic mass is 32.2. The molecule has 0 saturated heterocycles. The zero-order valence-corrected chi connectivity index (χ0v) is 15.3. The van der Waals surface area contributed by atoms with Gasteiger partial charge in [0.25, 0.3) is 0 Å². The second-order valence-electron chi connectivity index (χ2n) is 5.38. The van der Waals surface area contributed by atoms with Crippen LogP contribution in [0.1, 0.15) is 21.6 Å². The fraction of sp³-hybridized carbons (Fsp3) is 0.105. The monoisotopic (exact) mass is 380 g/mol. The van der Waals surface area contributed by atoms with Gasteiger partial charge in [0.1, 0.15) is 18.1 Å². The highest BCUT2D eigenvalue weighted by Crippen LogP contribution is 2.17. The van der Waals surface area contributed by atoms with Crippen molar-refractivity contribution in [1.82, 2.24) is 15.0 Å². The van der Waals surface area contributed by atoms with Gasteiger partial charge in [-0.15, -0.1) is 0 Å². The molecule has 27 heavy (non-hydrogen) atoms. The molecule has 0 amide bonds. The first kappa shape index (κ1) is 18.5. The minimum absolute atomic E-state index is 0.154. The SMILES string of the molecule is CSc1nccc(/C(=N\O)C(=O)c2cccc(OCc3ccncc3)c2)n1. The number of carbonyl (C=O) groups excluding carboxylic acids is 1. The number of nitrogens with zero attached hydrogens (tertiary/aromatic N) is 4. The van der Waals surface area contributed by atoms with Crippen LogP contribution in [0.4, 0.5) is 0 Å². The molecule has 0 aliphatic heterocycles. The molecule has 2 aromatic heterocycles. The van der Waals surface area contributed by atoms with Gasteiger partial charge in [-0.25, -0.2) is 9.97 Å². The molecule has 1 N–H and O–H groups in total. The zero-order valence-electron chi connectivity index (χ0n) is 14.4. The van der Waals surface area contributed by atoms with Crippen LogP contribution < -0.4 is 4.74 Å². The molecular weight excluding hydrogens is 364 g/mol. The van der Waals surface area contributed by atoms with Gasteiger partial charge in [-0.05, 0) is 42.2 Å². The number of aromatic nitrogens is 3. The predicted molar refractivity (Wildman–Crippen MR) is 101 cm³/mol. The van der Waals surface area contributed by atoms with E-state index in [0.29, 0.717) is 23.1 Å². The molecule has 0 unspecified atom stereocenters. The molecule has 3 aromatic rings. The van der Waals surface area contributed by atoms with E-state index in [1.165, 1.54) is 24.0 Å². The van der Waals surface area contributed by atoms with Gasteiger partial charge in [-0.2, -0.15) is 0 Å². The molecule has 0 aliphatic carbocycles. The Balaban J connectivity index is 1.79. The van der Waals surface area contributed by atoms with Gasteiger partial charge in [-0.3, -0.25) is 9.78 Å². The number of benzene rings is 1. The average Bonchev–Trinajstić information content (AvgIpc) is 2.74. The van der Waals surface area contributed by atoms with Crippen LogP contribution in [0.2, 0.25) is 0 Å². The van der Waals surface area contributed by atoms with E-state index in [-0.39, 0.29) is 11.4 Å². The standard InChI is InChI=1S/C19H16N4O3S/c1-27-19-21-10-7-16(22-19)17(23-25)18(24)14-3-2-4-15(11-14)26-12-13-5-8-20-9-6-13/h2-11,25H,12H2,1H3/b23-17+. The van der Waals surface area contributed by atoms with Gasteiger partial charge in [0.15, 0.2) is 10.9 Å². The molecule has 1 aromatic carbocycles. The molecule has 0 saturated carbocycles. The second kappa shape index (κ2) is 8.91. The number of ether oxygens (including phenoxy) is 1. The van der Waals surface area contributed by atoms with Crippen LogP contribution >= 0.6 is 11.8 Å². The molecule has 0 bridgehead atoms. The van der Waals surface area contributed by atoms with E-state index in [2.05, 4.69) is 20.1 Å². The van der Waals surface area contributed by atoms with Crippen molar-refractivity contribution >= 4 is 23.3 Å². The highest BCUT2D eigenvalue weighted by molar-refractivity contribution is 7.98. The summed E-state index contributed by atoms with van der Waals surface area (Å²) in [5.41, 5.74) is 1.40. The summed E-state index contributed by atoms with van der Waals surface area (Å²) in [5, 5.41) is 13.0. The van der Waals surface area contributed by atoms with Gasteiger partial charge < -0.3 is 9.94 Å². The summed E-state index contributed by atoms with van der Waals surface area (Å²) in [6, 6.07) is 11.9. The number of thioether (sulfide) groups is 1. The van der Waals surface area contributed by atoms with Crippen molar-refractivity contribution < 1.29 is 14.7 Å². The molecule has 7 nitrogen and oxygen atoms in total. The van der Waals surface area contributed by atoms with Crippen LogP contribution in [0.25, 0.3) is 0 Å². The van der Waals surface area contributed by atoms with E-state index in [9.17, 15) is 10.0 Å². The smallest absolute Gasteiger partial charge is 0.217 e. The van der Waals surface area contributed by atoms with Crippen LogP contribution in [0.3, 0.4) is 0 Å². The molecule has 0 spiro atoms. The maximum absolute atomic E-state index is 12.8. The van der Waals surface area contributed by atoms with Crippen molar-refractivity contribution in [3.8, 4) is 5.75 Å². The van der Waals surface area contributed by atoms with Gasteiger partial charge in [0.05, 0.1) is 0 Å². The van der Waals surface area contributed by atoms with E-state index in [1.807, 2.05) is 18.4 Å². The third-order valence-electron chi connectivity index (χ3n) is 3.62. The van der Waals surface area contributed by atoms with Crippen molar-refractivity contribution in [2.45, 2.75) is 11.8 Å². The molecule has 0 radical (unpaired) electrons. The maximum atomic E-state index is 12.8. The van der Waals surface area contributed by atoms with Gasteiger partial charge in [-0.1, -0.05) is 29.1 Å². The third-order valence-corrected chi connectivity index (χ3v) is 4.19. The van der Waals surface area contributed by atoms with Crippen molar-refractivity contribution in [3.05, 3.63) is 77.9 Å². The number of rotatable bonds is 7. The summed E-state index contributed by atoms with van der Waals surface area (Å²) < 4.78 is 5.73. The molecule has 0 atom stereocenters. The number of hydrogen-bond donors (Lipinski definition) is 1. The molecule has 2 heterocycles. The van der Waals surface area contributed by atoms with Crippen molar-refractivity contribution in [1.29, 1.82) is 0 Å². The lowest BCUT2D eigenvalue weighted by Gasteiger charge is -2.08. The Morgan fingerprint density at radius 3 is 2.74 bits per heavy atom. The van der Waals surface area contributed by atoms with E-state index in [4.69, 9.17) is 4.74 Å². The number of pyridine rings is 1. The largest absolute Gasteiger partial charge is 0.489 e. The summed E-state index contributed by atoms with van der Waals surface area (Å²) in [6.45, 7) is 0.351. The van der Waals surface area contributed by atoms with Crippen LogP contribution in [-0.2, 0) is 6.61 Å². The Kier molecular flexibility index (Phi) is 6.11. The molecule has 3 rings (SSSR count).